The summed E-state index contributed by atoms with van der Waals surface area (Å²) in [6.45, 7) is 3.22. The Morgan fingerprint density at radius 3 is 2.36 bits per heavy atom. The molecule has 172 valence electrons. The second-order valence-electron chi connectivity index (χ2n) is 7.83. The molecule has 1 unspecified atom stereocenters. The highest BCUT2D eigenvalue weighted by molar-refractivity contribution is 7.89. The molecular weight excluding hydrogens is 460 g/mol. The molecule has 1 aliphatic heterocycles. The van der Waals surface area contributed by atoms with Crippen LogP contribution in [0.2, 0.25) is 5.02 Å². The minimum absolute atomic E-state index is 0.0334. The summed E-state index contributed by atoms with van der Waals surface area (Å²) in [6.07, 6.45) is 0. The van der Waals surface area contributed by atoms with Gasteiger partial charge >= 0.3 is 0 Å². The van der Waals surface area contributed by atoms with Crippen LogP contribution >= 0.6 is 11.6 Å². The molecule has 1 saturated heterocycles. The molecule has 1 aliphatic rings. The van der Waals surface area contributed by atoms with Crippen LogP contribution in [-0.2, 0) is 14.8 Å². The maximum atomic E-state index is 13.4. The van der Waals surface area contributed by atoms with E-state index in [1.165, 1.54) is 22.5 Å². The number of sulfonamides is 1. The van der Waals surface area contributed by atoms with E-state index in [1.54, 1.807) is 0 Å². The SMILES string of the molecule is Cc1ccccc1C(NC(=O)c1cc(S(=O)(=O)N2CCOCC2)ccc1Cl)c1ccccc1. The molecule has 8 heteroatoms. The first-order valence-corrected chi connectivity index (χ1v) is 12.5. The predicted octanol–water partition coefficient (Wildman–Crippen LogP) is 4.19. The molecular formula is C25H25ClN2O4S. The summed E-state index contributed by atoms with van der Waals surface area (Å²) >= 11 is 6.34. The topological polar surface area (TPSA) is 75.7 Å². The summed E-state index contributed by atoms with van der Waals surface area (Å²) in [5, 5.41) is 3.24. The van der Waals surface area contributed by atoms with Gasteiger partial charge in [-0.1, -0.05) is 66.2 Å². The number of hydrogen-bond donors (Lipinski definition) is 1. The van der Waals surface area contributed by atoms with Crippen LogP contribution in [0, 0.1) is 6.92 Å². The van der Waals surface area contributed by atoms with Crippen LogP contribution in [0.1, 0.15) is 33.1 Å². The number of amides is 1. The van der Waals surface area contributed by atoms with E-state index in [4.69, 9.17) is 16.3 Å². The lowest BCUT2D eigenvalue weighted by molar-refractivity contribution is 0.0730. The number of carbonyl (C=O) groups excluding carboxylic acids is 1. The standard InChI is InChI=1S/C25H25ClN2O4S/c1-18-7-5-6-10-21(18)24(19-8-3-2-4-9-19)27-25(29)22-17-20(11-12-23(22)26)33(30,31)28-13-15-32-16-14-28/h2-12,17,24H,13-16H2,1H3,(H,27,29). The fourth-order valence-electron chi connectivity index (χ4n) is 3.88. The predicted molar refractivity (Wildman–Crippen MR) is 128 cm³/mol. The van der Waals surface area contributed by atoms with Gasteiger partial charge in [-0.2, -0.15) is 4.31 Å². The average molecular weight is 485 g/mol. The van der Waals surface area contributed by atoms with Gasteiger partial charge < -0.3 is 10.1 Å². The Morgan fingerprint density at radius 2 is 1.67 bits per heavy atom. The molecule has 3 aromatic rings. The Bertz CT molecular complexity index is 1240. The summed E-state index contributed by atoms with van der Waals surface area (Å²) in [4.78, 5) is 13.4. The summed E-state index contributed by atoms with van der Waals surface area (Å²) in [7, 11) is -3.76. The van der Waals surface area contributed by atoms with Crippen LogP contribution in [0.5, 0.6) is 0 Å². The molecule has 3 aromatic carbocycles. The lowest BCUT2D eigenvalue weighted by Gasteiger charge is -2.26. The number of nitrogens with zero attached hydrogens (tertiary/aromatic N) is 1. The molecule has 0 saturated carbocycles. The third kappa shape index (κ3) is 5.12. The van der Waals surface area contributed by atoms with Gasteiger partial charge in [-0.25, -0.2) is 8.42 Å². The smallest absolute Gasteiger partial charge is 0.253 e. The average Bonchev–Trinajstić information content (AvgIpc) is 2.84. The van der Waals surface area contributed by atoms with Gasteiger partial charge in [0.05, 0.1) is 34.7 Å². The van der Waals surface area contributed by atoms with Crippen LogP contribution in [0.25, 0.3) is 0 Å². The number of carbonyl (C=O) groups is 1. The third-order valence-corrected chi connectivity index (χ3v) is 7.92. The molecule has 0 bridgehead atoms. The Kier molecular flexibility index (Phi) is 7.14. The third-order valence-electron chi connectivity index (χ3n) is 5.70. The van der Waals surface area contributed by atoms with Crippen LogP contribution in [0.3, 0.4) is 0 Å². The van der Waals surface area contributed by atoms with Gasteiger partial charge in [0.15, 0.2) is 0 Å². The molecule has 0 aliphatic carbocycles. The first-order chi connectivity index (χ1) is 15.9. The fraction of sp³-hybridized carbons (Fsp3) is 0.240. The van der Waals surface area contributed by atoms with Crippen molar-refractivity contribution in [3.8, 4) is 0 Å². The molecule has 0 radical (unpaired) electrons. The first kappa shape index (κ1) is 23.4. The summed E-state index contributed by atoms with van der Waals surface area (Å²) in [5.41, 5.74) is 3.00. The van der Waals surface area contributed by atoms with Crippen molar-refractivity contribution in [1.29, 1.82) is 0 Å². The number of aryl methyl sites for hydroxylation is 1. The number of rotatable bonds is 6. The zero-order valence-corrected chi connectivity index (χ0v) is 19.8. The maximum absolute atomic E-state index is 13.4. The van der Waals surface area contributed by atoms with Gasteiger partial charge in [-0.05, 0) is 41.8 Å². The van der Waals surface area contributed by atoms with E-state index in [1.807, 2.05) is 61.5 Å². The molecule has 1 N–H and O–H groups in total. The van der Waals surface area contributed by atoms with Crippen molar-refractivity contribution in [1.82, 2.24) is 9.62 Å². The van der Waals surface area contributed by atoms with Crippen molar-refractivity contribution in [3.63, 3.8) is 0 Å². The van der Waals surface area contributed by atoms with Crippen molar-refractivity contribution in [2.45, 2.75) is 17.9 Å². The highest BCUT2D eigenvalue weighted by Gasteiger charge is 2.28. The van der Waals surface area contributed by atoms with Crippen molar-refractivity contribution < 1.29 is 17.9 Å². The van der Waals surface area contributed by atoms with E-state index in [2.05, 4.69) is 5.32 Å². The molecule has 6 nitrogen and oxygen atoms in total. The molecule has 1 amide bonds. The molecule has 0 spiro atoms. The maximum Gasteiger partial charge on any atom is 0.253 e. The molecule has 0 aromatic heterocycles. The van der Waals surface area contributed by atoms with Crippen LogP contribution in [0.15, 0.2) is 77.7 Å². The van der Waals surface area contributed by atoms with E-state index >= 15 is 0 Å². The number of halogens is 1. The highest BCUT2D eigenvalue weighted by Crippen LogP contribution is 2.28. The zero-order valence-electron chi connectivity index (χ0n) is 18.2. The van der Waals surface area contributed by atoms with Gasteiger partial charge in [0.2, 0.25) is 10.0 Å². The quantitative estimate of drug-likeness (QED) is 0.569. The van der Waals surface area contributed by atoms with E-state index in [-0.39, 0.29) is 28.6 Å². The minimum atomic E-state index is -3.76. The molecule has 1 heterocycles. The normalized spacial score (nSPS) is 15.7. The molecule has 33 heavy (non-hydrogen) atoms. The van der Waals surface area contributed by atoms with Crippen LogP contribution in [0.4, 0.5) is 0 Å². The number of benzene rings is 3. The van der Waals surface area contributed by atoms with Gasteiger partial charge in [0, 0.05) is 13.1 Å². The van der Waals surface area contributed by atoms with Crippen molar-refractivity contribution in [2.24, 2.45) is 0 Å². The Hall–Kier alpha value is -2.71. The van der Waals surface area contributed by atoms with E-state index < -0.39 is 22.0 Å². The summed E-state index contributed by atoms with van der Waals surface area (Å²) in [6, 6.07) is 21.3. The number of ether oxygens (including phenoxy) is 1. The molecule has 1 fully saturated rings. The number of morpholine rings is 1. The van der Waals surface area contributed by atoms with Gasteiger partial charge in [-0.3, -0.25) is 4.79 Å². The number of nitrogens with one attached hydrogen (secondary N) is 1. The lowest BCUT2D eigenvalue weighted by atomic mass is 9.94. The van der Waals surface area contributed by atoms with Gasteiger partial charge in [0.1, 0.15) is 0 Å². The molecule has 1 atom stereocenters. The first-order valence-electron chi connectivity index (χ1n) is 10.7. The van der Waals surface area contributed by atoms with Gasteiger partial charge in [-0.15, -0.1) is 0 Å². The van der Waals surface area contributed by atoms with Gasteiger partial charge in [0.25, 0.3) is 5.91 Å². The second kappa shape index (κ2) is 10.1. The number of hydrogen-bond acceptors (Lipinski definition) is 4. The van der Waals surface area contributed by atoms with Crippen LogP contribution < -0.4 is 5.32 Å². The highest BCUT2D eigenvalue weighted by atomic mass is 35.5. The largest absolute Gasteiger partial charge is 0.379 e. The summed E-state index contributed by atoms with van der Waals surface area (Å²) < 4.78 is 32.8. The monoisotopic (exact) mass is 484 g/mol. The Morgan fingerprint density at radius 1 is 1.00 bits per heavy atom. The van der Waals surface area contributed by atoms with Crippen molar-refractivity contribution in [2.75, 3.05) is 26.3 Å². The lowest BCUT2D eigenvalue weighted by Crippen LogP contribution is -2.40. The van der Waals surface area contributed by atoms with E-state index in [9.17, 15) is 13.2 Å². The van der Waals surface area contributed by atoms with Crippen LogP contribution in [-0.4, -0.2) is 44.9 Å². The zero-order chi connectivity index (χ0) is 23.4. The van der Waals surface area contributed by atoms with E-state index in [0.717, 1.165) is 16.7 Å². The Labute approximate surface area is 199 Å². The Balaban J connectivity index is 1.68. The minimum Gasteiger partial charge on any atom is -0.379 e. The van der Waals surface area contributed by atoms with E-state index in [0.29, 0.717) is 13.2 Å². The summed E-state index contributed by atoms with van der Waals surface area (Å²) in [5.74, 6) is -0.448. The van der Waals surface area contributed by atoms with Crippen molar-refractivity contribution in [3.05, 3.63) is 100 Å². The van der Waals surface area contributed by atoms with Crippen molar-refractivity contribution >= 4 is 27.5 Å². The second-order valence-corrected chi connectivity index (χ2v) is 10.2. The molecule has 4 rings (SSSR count). The fourth-order valence-corrected chi connectivity index (χ4v) is 5.52.